The molecule has 10 aromatic rings. The second-order valence-electron chi connectivity index (χ2n) is 14.3. The first-order valence-electron chi connectivity index (χ1n) is 18.0. The van der Waals surface area contributed by atoms with Crippen LogP contribution in [-0.4, -0.2) is 29.1 Å². The van der Waals surface area contributed by atoms with Crippen LogP contribution in [0.4, 0.5) is 0 Å². The van der Waals surface area contributed by atoms with E-state index in [4.69, 9.17) is 15.0 Å². The summed E-state index contributed by atoms with van der Waals surface area (Å²) in [6.07, 6.45) is 3.59. The van der Waals surface area contributed by atoms with E-state index < -0.39 is 0 Å². The van der Waals surface area contributed by atoms with E-state index in [0.717, 1.165) is 33.2 Å². The van der Waals surface area contributed by atoms with Crippen LogP contribution in [0.5, 0.6) is 0 Å². The molecule has 11 rings (SSSR count). The predicted molar refractivity (Wildman–Crippen MR) is 215 cm³/mol. The van der Waals surface area contributed by atoms with Gasteiger partial charge in [-0.1, -0.05) is 123 Å². The first-order chi connectivity index (χ1) is 26.1. The average molecular weight is 681 g/mol. The molecule has 0 fully saturated rings. The molecular weight excluding hydrogens is 649 g/mol. The molecule has 0 N–H and O–H groups in total. The van der Waals surface area contributed by atoms with Gasteiger partial charge in [0.1, 0.15) is 0 Å². The molecule has 6 nitrogen and oxygen atoms in total. The standard InChI is InChI=1S/C47H32N6/c1-47(2)35-24-12-9-21-32(35)38-41(47)39-33-22-10-13-25-36(33)52(31-19-7-4-8-20-31)42(39)40-34-23-11-14-26-37(34)53(43(38)40)46-50-44(29-16-5-3-6-17-29)49-45(51-46)30-18-15-27-48-28-30/h3-28H,1-2H3. The zero-order valence-electron chi connectivity index (χ0n) is 29.2. The zero-order chi connectivity index (χ0) is 35.3. The van der Waals surface area contributed by atoms with Crippen molar-refractivity contribution in [2.24, 2.45) is 0 Å². The Morgan fingerprint density at radius 3 is 1.85 bits per heavy atom. The molecule has 0 aliphatic heterocycles. The number of nitrogens with zero attached hydrogens (tertiary/aromatic N) is 6. The van der Waals surface area contributed by atoms with Crippen LogP contribution in [0.2, 0.25) is 0 Å². The molecule has 4 aromatic heterocycles. The molecule has 6 aromatic carbocycles. The third-order valence-corrected chi connectivity index (χ3v) is 11.0. The Morgan fingerprint density at radius 1 is 0.509 bits per heavy atom. The lowest BCUT2D eigenvalue weighted by Crippen LogP contribution is -2.15. The topological polar surface area (TPSA) is 61.4 Å². The Bertz CT molecular complexity index is 3010. The van der Waals surface area contributed by atoms with Gasteiger partial charge in [-0.3, -0.25) is 9.55 Å². The van der Waals surface area contributed by atoms with E-state index in [-0.39, 0.29) is 5.41 Å². The third kappa shape index (κ3) is 4.14. The number of para-hydroxylation sites is 3. The molecule has 0 unspecified atom stereocenters. The first-order valence-corrected chi connectivity index (χ1v) is 18.0. The number of rotatable bonds is 4. The number of benzene rings is 6. The van der Waals surface area contributed by atoms with Crippen LogP contribution in [0.15, 0.2) is 158 Å². The molecule has 1 aliphatic carbocycles. The van der Waals surface area contributed by atoms with Crippen molar-refractivity contribution in [1.82, 2.24) is 29.1 Å². The fraction of sp³-hybridized carbons (Fsp3) is 0.0638. The summed E-state index contributed by atoms with van der Waals surface area (Å²) in [6.45, 7) is 4.75. The molecule has 250 valence electrons. The highest BCUT2D eigenvalue weighted by Crippen LogP contribution is 2.58. The van der Waals surface area contributed by atoms with Gasteiger partial charge in [0.05, 0.1) is 22.1 Å². The van der Waals surface area contributed by atoms with Gasteiger partial charge in [-0.15, -0.1) is 0 Å². The van der Waals surface area contributed by atoms with Gasteiger partial charge in [0.25, 0.3) is 0 Å². The fourth-order valence-electron chi connectivity index (χ4n) is 8.82. The number of aromatic nitrogens is 6. The Hall–Kier alpha value is -6.92. The largest absolute Gasteiger partial charge is 0.309 e. The van der Waals surface area contributed by atoms with E-state index in [9.17, 15) is 0 Å². The lowest BCUT2D eigenvalue weighted by Gasteiger charge is -2.23. The van der Waals surface area contributed by atoms with Crippen molar-refractivity contribution < 1.29 is 0 Å². The summed E-state index contributed by atoms with van der Waals surface area (Å²) in [4.78, 5) is 20.0. The molecule has 1 aliphatic rings. The molecule has 6 heteroatoms. The normalized spacial score (nSPS) is 13.2. The van der Waals surface area contributed by atoms with Crippen molar-refractivity contribution in [3.05, 3.63) is 169 Å². The molecule has 53 heavy (non-hydrogen) atoms. The maximum Gasteiger partial charge on any atom is 0.238 e. The van der Waals surface area contributed by atoms with E-state index in [1.165, 1.54) is 49.4 Å². The highest BCUT2D eigenvalue weighted by atomic mass is 15.2. The molecule has 0 saturated carbocycles. The third-order valence-electron chi connectivity index (χ3n) is 11.0. The second kappa shape index (κ2) is 11.0. The van der Waals surface area contributed by atoms with Crippen molar-refractivity contribution in [2.75, 3.05) is 0 Å². The van der Waals surface area contributed by atoms with Gasteiger partial charge in [0.15, 0.2) is 11.6 Å². The van der Waals surface area contributed by atoms with Gasteiger partial charge in [0, 0.05) is 61.7 Å². The van der Waals surface area contributed by atoms with Gasteiger partial charge in [-0.05, 0) is 53.1 Å². The minimum atomic E-state index is -0.291. The SMILES string of the molecule is CC1(C)c2ccccc2-c2c1c1c3ccccc3n(-c3ccccc3)c1c1c3ccccc3n(-c3nc(-c4ccccc4)nc(-c4cccnc4)n3)c21. The van der Waals surface area contributed by atoms with Gasteiger partial charge in [0.2, 0.25) is 5.95 Å². The summed E-state index contributed by atoms with van der Waals surface area (Å²) in [5.41, 5.74) is 12.2. The minimum Gasteiger partial charge on any atom is -0.309 e. The van der Waals surface area contributed by atoms with E-state index in [1.807, 2.05) is 36.5 Å². The quantitative estimate of drug-likeness (QED) is 0.186. The van der Waals surface area contributed by atoms with Crippen molar-refractivity contribution in [3.63, 3.8) is 0 Å². The Labute approximate surface area is 305 Å². The second-order valence-corrected chi connectivity index (χ2v) is 14.3. The van der Waals surface area contributed by atoms with Gasteiger partial charge in [-0.2, -0.15) is 9.97 Å². The van der Waals surface area contributed by atoms with Crippen LogP contribution in [0.1, 0.15) is 25.0 Å². The van der Waals surface area contributed by atoms with Crippen LogP contribution in [0.3, 0.4) is 0 Å². The molecule has 0 amide bonds. The molecule has 4 heterocycles. The highest BCUT2D eigenvalue weighted by Gasteiger charge is 2.41. The summed E-state index contributed by atoms with van der Waals surface area (Å²) in [7, 11) is 0. The first kappa shape index (κ1) is 29.8. The predicted octanol–water partition coefficient (Wildman–Crippen LogP) is 11.1. The van der Waals surface area contributed by atoms with Crippen LogP contribution >= 0.6 is 0 Å². The Kier molecular flexibility index (Phi) is 6.20. The fourth-order valence-corrected chi connectivity index (χ4v) is 8.82. The molecule has 0 bridgehead atoms. The molecule has 0 atom stereocenters. The van der Waals surface area contributed by atoms with Gasteiger partial charge >= 0.3 is 0 Å². The summed E-state index contributed by atoms with van der Waals surface area (Å²) < 4.78 is 4.76. The number of hydrogen-bond donors (Lipinski definition) is 0. The average Bonchev–Trinajstić information content (AvgIpc) is 3.82. The minimum absolute atomic E-state index is 0.291. The lowest BCUT2D eigenvalue weighted by atomic mass is 9.80. The monoisotopic (exact) mass is 680 g/mol. The summed E-state index contributed by atoms with van der Waals surface area (Å²) in [5.74, 6) is 1.75. The number of pyridine rings is 1. The van der Waals surface area contributed by atoms with Gasteiger partial charge in [-0.25, -0.2) is 4.98 Å². The van der Waals surface area contributed by atoms with Crippen molar-refractivity contribution >= 4 is 43.6 Å². The van der Waals surface area contributed by atoms with Crippen LogP contribution in [0.25, 0.3) is 89.2 Å². The van der Waals surface area contributed by atoms with Crippen molar-refractivity contribution in [1.29, 1.82) is 0 Å². The lowest BCUT2D eigenvalue weighted by molar-refractivity contribution is 0.667. The van der Waals surface area contributed by atoms with Crippen LogP contribution < -0.4 is 0 Å². The van der Waals surface area contributed by atoms with Crippen molar-refractivity contribution in [3.8, 4) is 45.5 Å². The number of fused-ring (bicyclic) bond motifs is 12. The van der Waals surface area contributed by atoms with Gasteiger partial charge < -0.3 is 4.57 Å². The van der Waals surface area contributed by atoms with E-state index in [2.05, 4.69) is 143 Å². The van der Waals surface area contributed by atoms with Crippen molar-refractivity contribution in [2.45, 2.75) is 19.3 Å². The van der Waals surface area contributed by atoms with Crippen LogP contribution in [-0.2, 0) is 5.41 Å². The van der Waals surface area contributed by atoms with E-state index >= 15 is 0 Å². The number of hydrogen-bond acceptors (Lipinski definition) is 4. The van der Waals surface area contributed by atoms with Crippen LogP contribution in [0, 0.1) is 0 Å². The maximum absolute atomic E-state index is 5.31. The summed E-state index contributed by atoms with van der Waals surface area (Å²) >= 11 is 0. The zero-order valence-corrected chi connectivity index (χ0v) is 29.2. The molecular formula is C47H32N6. The molecule has 0 radical (unpaired) electrons. The maximum atomic E-state index is 5.31. The smallest absolute Gasteiger partial charge is 0.238 e. The van der Waals surface area contributed by atoms with E-state index in [0.29, 0.717) is 17.6 Å². The Morgan fingerprint density at radius 2 is 1.11 bits per heavy atom. The molecule has 0 spiro atoms. The summed E-state index contributed by atoms with van der Waals surface area (Å²) in [6, 6.07) is 51.3. The highest BCUT2D eigenvalue weighted by molar-refractivity contribution is 6.31. The van der Waals surface area contributed by atoms with E-state index in [1.54, 1.807) is 6.20 Å². The molecule has 0 saturated heterocycles. The Balaban J connectivity index is 1.41. The summed E-state index contributed by atoms with van der Waals surface area (Å²) in [5, 5.41) is 4.84.